The van der Waals surface area contributed by atoms with Crippen LogP contribution >= 0.6 is 11.8 Å². The van der Waals surface area contributed by atoms with E-state index in [0.29, 0.717) is 16.2 Å². The van der Waals surface area contributed by atoms with Crippen molar-refractivity contribution in [2.24, 2.45) is 0 Å². The zero-order chi connectivity index (χ0) is 28.9. The summed E-state index contributed by atoms with van der Waals surface area (Å²) in [6.45, 7) is 3.04. The van der Waals surface area contributed by atoms with Crippen LogP contribution in [-0.4, -0.2) is 35.8 Å². The molecule has 0 unspecified atom stereocenters. The lowest BCUT2D eigenvalue weighted by atomic mass is 10.0. The highest BCUT2D eigenvalue weighted by molar-refractivity contribution is 8.04. The molecule has 5 nitrogen and oxygen atoms in total. The van der Waals surface area contributed by atoms with E-state index in [4.69, 9.17) is 0 Å². The van der Waals surface area contributed by atoms with Gasteiger partial charge < -0.3 is 10.2 Å². The molecule has 0 aliphatic carbocycles. The summed E-state index contributed by atoms with van der Waals surface area (Å²) < 4.78 is 13.6. The lowest BCUT2D eigenvalue weighted by Crippen LogP contribution is -2.44. The number of thioether (sulfide) groups is 1. The molecule has 2 aliphatic rings. The van der Waals surface area contributed by atoms with Crippen LogP contribution in [-0.2, 0) is 17.9 Å². The van der Waals surface area contributed by atoms with Crippen LogP contribution in [0.2, 0.25) is 0 Å². The maximum atomic E-state index is 13.8. The SMILES string of the molecule is O=C(NC1CCN(Cc2ccccc2)CC1)c1ccc2c(c1)N(Cc1ccc(F)cc1)C(=O)C(=Cc1ccccc1)S2. The van der Waals surface area contributed by atoms with E-state index < -0.39 is 0 Å². The van der Waals surface area contributed by atoms with E-state index in [-0.39, 0.29) is 30.2 Å². The molecule has 0 spiro atoms. The summed E-state index contributed by atoms with van der Waals surface area (Å²) in [6, 6.07) is 32.0. The summed E-state index contributed by atoms with van der Waals surface area (Å²) in [5.41, 5.74) is 4.25. The number of benzene rings is 4. The average molecular weight is 578 g/mol. The molecule has 1 fully saturated rings. The molecule has 0 bridgehead atoms. The Morgan fingerprint density at radius 3 is 2.24 bits per heavy atom. The Labute approximate surface area is 250 Å². The van der Waals surface area contributed by atoms with Gasteiger partial charge in [0.05, 0.1) is 17.1 Å². The number of halogens is 1. The number of carbonyl (C=O) groups excluding carboxylic acids is 2. The van der Waals surface area contributed by atoms with Gasteiger partial charge in [-0.3, -0.25) is 14.5 Å². The second-order valence-electron chi connectivity index (χ2n) is 10.7. The van der Waals surface area contributed by atoms with E-state index in [1.165, 1.54) is 29.5 Å². The van der Waals surface area contributed by atoms with Gasteiger partial charge in [0, 0.05) is 36.1 Å². The highest BCUT2D eigenvalue weighted by atomic mass is 32.2. The molecular formula is C35H32FN3O2S. The molecule has 0 radical (unpaired) electrons. The Balaban J connectivity index is 1.19. The van der Waals surface area contributed by atoms with Crippen molar-refractivity contribution < 1.29 is 14.0 Å². The van der Waals surface area contributed by atoms with Gasteiger partial charge in [-0.15, -0.1) is 0 Å². The van der Waals surface area contributed by atoms with Crippen LogP contribution in [0, 0.1) is 5.82 Å². The third-order valence-electron chi connectivity index (χ3n) is 7.71. The van der Waals surface area contributed by atoms with E-state index in [9.17, 15) is 14.0 Å². The maximum absolute atomic E-state index is 13.8. The molecule has 6 rings (SSSR count). The number of piperidine rings is 1. The average Bonchev–Trinajstić information content (AvgIpc) is 3.02. The van der Waals surface area contributed by atoms with Crippen LogP contribution in [0.3, 0.4) is 0 Å². The van der Waals surface area contributed by atoms with E-state index in [0.717, 1.165) is 48.5 Å². The molecule has 0 saturated carbocycles. The summed E-state index contributed by atoms with van der Waals surface area (Å²) >= 11 is 1.41. The van der Waals surface area contributed by atoms with Crippen molar-refractivity contribution in [2.75, 3.05) is 18.0 Å². The van der Waals surface area contributed by atoms with Crippen molar-refractivity contribution >= 4 is 35.3 Å². The van der Waals surface area contributed by atoms with Gasteiger partial charge in [0.1, 0.15) is 5.82 Å². The van der Waals surface area contributed by atoms with Gasteiger partial charge in [0.25, 0.3) is 11.8 Å². The molecule has 7 heteroatoms. The fraction of sp³-hybridized carbons (Fsp3) is 0.200. The number of fused-ring (bicyclic) bond motifs is 1. The van der Waals surface area contributed by atoms with Crippen LogP contribution < -0.4 is 10.2 Å². The zero-order valence-electron chi connectivity index (χ0n) is 23.2. The van der Waals surface area contributed by atoms with Crippen LogP contribution in [0.15, 0.2) is 113 Å². The van der Waals surface area contributed by atoms with Gasteiger partial charge in [-0.25, -0.2) is 4.39 Å². The first-order valence-electron chi connectivity index (χ1n) is 14.2. The monoisotopic (exact) mass is 577 g/mol. The van der Waals surface area contributed by atoms with E-state index in [1.807, 2.05) is 60.7 Å². The fourth-order valence-electron chi connectivity index (χ4n) is 5.43. The van der Waals surface area contributed by atoms with Gasteiger partial charge in [0.15, 0.2) is 0 Å². The Bertz CT molecular complexity index is 1580. The standard InChI is InChI=1S/C35H32FN3O2S/c36-29-14-11-27(12-15-29)24-39-31-22-28(13-16-32(31)42-33(35(39)41)21-25-7-3-1-4-8-25)34(40)37-30-17-19-38(20-18-30)23-26-9-5-2-6-10-26/h1-16,21-22,30H,17-20,23-24H2,(H,37,40). The number of carbonyl (C=O) groups is 2. The number of nitrogens with one attached hydrogen (secondary N) is 1. The molecule has 212 valence electrons. The summed E-state index contributed by atoms with van der Waals surface area (Å²) in [4.78, 5) is 32.8. The first-order valence-corrected chi connectivity index (χ1v) is 15.1. The number of rotatable bonds is 7. The minimum Gasteiger partial charge on any atom is -0.349 e. The van der Waals surface area contributed by atoms with Crippen LogP contribution in [0.5, 0.6) is 0 Å². The minimum absolute atomic E-state index is 0.104. The van der Waals surface area contributed by atoms with Crippen molar-refractivity contribution in [3.8, 4) is 0 Å². The van der Waals surface area contributed by atoms with Crippen molar-refractivity contribution in [1.29, 1.82) is 0 Å². The number of hydrogen-bond donors (Lipinski definition) is 1. The van der Waals surface area contributed by atoms with Crippen molar-refractivity contribution in [1.82, 2.24) is 10.2 Å². The van der Waals surface area contributed by atoms with Gasteiger partial charge in [-0.05, 0) is 65.9 Å². The molecule has 2 heterocycles. The minimum atomic E-state index is -0.325. The van der Waals surface area contributed by atoms with Crippen LogP contribution in [0.25, 0.3) is 6.08 Å². The molecule has 1 saturated heterocycles. The number of likely N-dealkylation sites (tertiary alicyclic amines) is 1. The largest absolute Gasteiger partial charge is 0.349 e. The summed E-state index contributed by atoms with van der Waals surface area (Å²) in [7, 11) is 0. The molecule has 1 N–H and O–H groups in total. The maximum Gasteiger partial charge on any atom is 0.265 e. The second kappa shape index (κ2) is 12.8. The van der Waals surface area contributed by atoms with Crippen molar-refractivity contribution in [2.45, 2.75) is 36.9 Å². The normalized spacial score (nSPS) is 16.8. The molecule has 0 aromatic heterocycles. The molecule has 2 aliphatic heterocycles. The van der Waals surface area contributed by atoms with Crippen molar-refractivity contribution in [3.63, 3.8) is 0 Å². The van der Waals surface area contributed by atoms with Gasteiger partial charge in [0.2, 0.25) is 0 Å². The third kappa shape index (κ3) is 6.64. The summed E-state index contributed by atoms with van der Waals surface area (Å²) in [5.74, 6) is -0.609. The predicted molar refractivity (Wildman–Crippen MR) is 167 cm³/mol. The van der Waals surface area contributed by atoms with Gasteiger partial charge >= 0.3 is 0 Å². The Morgan fingerprint density at radius 2 is 1.52 bits per heavy atom. The summed E-state index contributed by atoms with van der Waals surface area (Å²) in [5, 5.41) is 3.22. The van der Waals surface area contributed by atoms with Crippen LogP contribution in [0.4, 0.5) is 10.1 Å². The lowest BCUT2D eigenvalue weighted by molar-refractivity contribution is -0.114. The lowest BCUT2D eigenvalue weighted by Gasteiger charge is -2.33. The van der Waals surface area contributed by atoms with E-state index >= 15 is 0 Å². The first-order chi connectivity index (χ1) is 20.5. The third-order valence-corrected chi connectivity index (χ3v) is 8.79. The molecule has 42 heavy (non-hydrogen) atoms. The number of nitrogens with zero attached hydrogens (tertiary/aromatic N) is 2. The summed E-state index contributed by atoms with van der Waals surface area (Å²) in [6.07, 6.45) is 3.67. The highest BCUT2D eigenvalue weighted by Crippen LogP contribution is 2.43. The number of hydrogen-bond acceptors (Lipinski definition) is 4. The Kier molecular flexibility index (Phi) is 8.49. The van der Waals surface area contributed by atoms with Crippen molar-refractivity contribution in [3.05, 3.63) is 136 Å². The molecule has 4 aromatic rings. The van der Waals surface area contributed by atoms with E-state index in [2.05, 4.69) is 34.5 Å². The smallest absolute Gasteiger partial charge is 0.265 e. The Morgan fingerprint density at radius 1 is 0.857 bits per heavy atom. The Hall–Kier alpha value is -4.20. The quantitative estimate of drug-likeness (QED) is 0.243. The first kappa shape index (κ1) is 27.9. The molecular weight excluding hydrogens is 545 g/mol. The van der Waals surface area contributed by atoms with Gasteiger partial charge in [-0.1, -0.05) is 84.6 Å². The topological polar surface area (TPSA) is 52.7 Å². The van der Waals surface area contributed by atoms with E-state index in [1.54, 1.807) is 17.0 Å². The molecule has 2 amide bonds. The fourth-order valence-corrected chi connectivity index (χ4v) is 6.47. The second-order valence-corrected chi connectivity index (χ2v) is 11.8. The number of amides is 2. The molecule has 0 atom stereocenters. The zero-order valence-corrected chi connectivity index (χ0v) is 24.0. The molecule has 4 aromatic carbocycles. The van der Waals surface area contributed by atoms with Gasteiger partial charge in [-0.2, -0.15) is 0 Å². The predicted octanol–water partition coefficient (Wildman–Crippen LogP) is 6.90. The van der Waals surface area contributed by atoms with Crippen LogP contribution in [0.1, 0.15) is 39.9 Å². The number of anilines is 1. The highest BCUT2D eigenvalue weighted by Gasteiger charge is 2.31.